The quantitative estimate of drug-likeness (QED) is 0.248. The predicted molar refractivity (Wildman–Crippen MR) is 157 cm³/mol. The Morgan fingerprint density at radius 2 is 1.82 bits per heavy atom. The third-order valence-corrected chi connectivity index (χ3v) is 7.98. The first-order chi connectivity index (χ1) is 19.5. The van der Waals surface area contributed by atoms with Gasteiger partial charge in [0.15, 0.2) is 0 Å². The number of benzene rings is 3. The smallest absolute Gasteiger partial charge is 0.352 e. The Kier molecular flexibility index (Phi) is 7.30. The fraction of sp³-hybridized carbons (Fsp3) is 0.333. The molecule has 0 fully saturated rings. The van der Waals surface area contributed by atoms with E-state index in [0.29, 0.717) is 44.9 Å². The van der Waals surface area contributed by atoms with Crippen LogP contribution in [0, 0.1) is 6.92 Å². The Bertz CT molecular complexity index is 1690. The largest absolute Gasteiger partial charge is 0.493 e. The number of carboxylic acid groups (broad SMARTS) is 1. The highest BCUT2D eigenvalue weighted by Gasteiger charge is 2.26. The van der Waals surface area contributed by atoms with E-state index in [4.69, 9.17) is 14.6 Å². The van der Waals surface area contributed by atoms with E-state index in [1.807, 2.05) is 53.6 Å². The van der Waals surface area contributed by atoms with Crippen LogP contribution in [0.4, 0.5) is 0 Å². The van der Waals surface area contributed by atoms with E-state index in [1.54, 1.807) is 0 Å². The molecule has 5 aromatic rings. The van der Waals surface area contributed by atoms with E-state index in [1.165, 1.54) is 0 Å². The van der Waals surface area contributed by atoms with E-state index in [0.717, 1.165) is 74.8 Å². The van der Waals surface area contributed by atoms with Crippen molar-refractivity contribution in [3.63, 3.8) is 0 Å². The van der Waals surface area contributed by atoms with Crippen LogP contribution in [0.15, 0.2) is 60.7 Å². The first-order valence-corrected chi connectivity index (χ1v) is 14.1. The van der Waals surface area contributed by atoms with Crippen molar-refractivity contribution in [1.82, 2.24) is 14.3 Å². The average molecular weight is 538 g/mol. The lowest BCUT2D eigenvalue weighted by atomic mass is 9.97. The standard InChI is InChI=1S/C33H35N3O4/c1-22-30-27-14-8-13-25-26(15-9-20-40-29-16-7-11-23-10-3-4-12-24(23)29)32(33(37)38)36(31(25)27)18-5-6-19-39-21-17-28(30)35(2)34-22/h3-4,7-8,10-14,16H,5-6,9,15,17-21H2,1-2H3,(H,37,38). The van der Waals surface area contributed by atoms with E-state index in [9.17, 15) is 9.90 Å². The van der Waals surface area contributed by atoms with Gasteiger partial charge in [-0.3, -0.25) is 4.68 Å². The number of hydrogen-bond donors (Lipinski definition) is 1. The van der Waals surface area contributed by atoms with E-state index in [2.05, 4.69) is 30.3 Å². The minimum absolute atomic E-state index is 0.383. The zero-order chi connectivity index (χ0) is 27.6. The molecule has 2 aromatic heterocycles. The number of aromatic carboxylic acids is 1. The van der Waals surface area contributed by atoms with Gasteiger partial charge in [-0.2, -0.15) is 5.10 Å². The molecule has 1 N–H and O–H groups in total. The third kappa shape index (κ3) is 4.75. The van der Waals surface area contributed by atoms with Crippen molar-refractivity contribution in [3.8, 4) is 16.9 Å². The average Bonchev–Trinajstić information content (AvgIpc) is 3.42. The molecule has 3 heterocycles. The zero-order valence-corrected chi connectivity index (χ0v) is 23.2. The maximum Gasteiger partial charge on any atom is 0.352 e. The zero-order valence-electron chi connectivity index (χ0n) is 23.2. The molecule has 206 valence electrons. The Morgan fingerprint density at radius 3 is 2.70 bits per heavy atom. The summed E-state index contributed by atoms with van der Waals surface area (Å²) in [5.41, 5.74) is 6.42. The minimum Gasteiger partial charge on any atom is -0.493 e. The van der Waals surface area contributed by atoms with Crippen LogP contribution in [0.3, 0.4) is 0 Å². The number of aromatic nitrogens is 3. The number of ether oxygens (including phenoxy) is 2. The molecule has 3 aromatic carbocycles. The Balaban J connectivity index is 1.40. The summed E-state index contributed by atoms with van der Waals surface area (Å²) < 4.78 is 16.1. The van der Waals surface area contributed by atoms with Gasteiger partial charge in [-0.25, -0.2) is 4.79 Å². The number of carboxylic acids is 1. The predicted octanol–water partition coefficient (Wildman–Crippen LogP) is 6.57. The summed E-state index contributed by atoms with van der Waals surface area (Å²) in [7, 11) is 1.97. The molecule has 0 aliphatic carbocycles. The van der Waals surface area contributed by atoms with E-state index < -0.39 is 5.97 Å². The SMILES string of the molecule is Cc1nn(C)c2c1-c1cccc3c(CCCOc4cccc5ccccc45)c(C(=O)O)n(c13)CCCCOCC2. The molecule has 1 aliphatic rings. The number of para-hydroxylation sites is 1. The summed E-state index contributed by atoms with van der Waals surface area (Å²) in [5, 5.41) is 18.5. The summed E-state index contributed by atoms with van der Waals surface area (Å²) in [4.78, 5) is 12.8. The second-order valence-corrected chi connectivity index (χ2v) is 10.5. The lowest BCUT2D eigenvalue weighted by Crippen LogP contribution is -2.13. The molecule has 0 spiro atoms. The van der Waals surface area contributed by atoms with Gasteiger partial charge >= 0.3 is 5.97 Å². The Hall–Kier alpha value is -4.10. The van der Waals surface area contributed by atoms with Gasteiger partial charge in [0.2, 0.25) is 0 Å². The van der Waals surface area contributed by atoms with Crippen LogP contribution in [0.5, 0.6) is 5.75 Å². The van der Waals surface area contributed by atoms with Gasteiger partial charge in [0.25, 0.3) is 0 Å². The van der Waals surface area contributed by atoms with Crippen molar-refractivity contribution in [2.45, 2.75) is 45.6 Å². The molecule has 0 saturated heterocycles. The fourth-order valence-corrected chi connectivity index (χ4v) is 6.24. The molecule has 0 saturated carbocycles. The molecule has 1 aliphatic heterocycles. The first-order valence-electron chi connectivity index (χ1n) is 14.1. The number of rotatable bonds is 6. The summed E-state index contributed by atoms with van der Waals surface area (Å²) >= 11 is 0. The molecule has 7 heteroatoms. The maximum absolute atomic E-state index is 12.8. The van der Waals surface area contributed by atoms with Gasteiger partial charge in [0, 0.05) is 54.2 Å². The molecule has 40 heavy (non-hydrogen) atoms. The van der Waals surface area contributed by atoms with Crippen LogP contribution in [0.1, 0.15) is 46.7 Å². The Labute approximate surface area is 233 Å². The van der Waals surface area contributed by atoms with Crippen molar-refractivity contribution in [2.24, 2.45) is 7.05 Å². The lowest BCUT2D eigenvalue weighted by Gasteiger charge is -2.15. The number of carbonyl (C=O) groups is 1. The monoisotopic (exact) mass is 537 g/mol. The number of aryl methyl sites for hydroxylation is 4. The van der Waals surface area contributed by atoms with Crippen LogP contribution in [0.2, 0.25) is 0 Å². The molecular formula is C33H35N3O4. The minimum atomic E-state index is -0.890. The fourth-order valence-electron chi connectivity index (χ4n) is 6.24. The second kappa shape index (κ2) is 11.2. The van der Waals surface area contributed by atoms with Gasteiger partial charge in [0.1, 0.15) is 11.4 Å². The van der Waals surface area contributed by atoms with Crippen molar-refractivity contribution in [1.29, 1.82) is 0 Å². The highest BCUT2D eigenvalue weighted by Crippen LogP contribution is 2.38. The highest BCUT2D eigenvalue weighted by molar-refractivity contribution is 6.04. The summed E-state index contributed by atoms with van der Waals surface area (Å²) in [6, 6.07) is 20.5. The summed E-state index contributed by atoms with van der Waals surface area (Å²) in [6.45, 7) is 4.47. The molecule has 7 nitrogen and oxygen atoms in total. The molecular weight excluding hydrogens is 502 g/mol. The van der Waals surface area contributed by atoms with Crippen LogP contribution < -0.4 is 4.74 Å². The van der Waals surface area contributed by atoms with Crippen LogP contribution >= 0.6 is 0 Å². The van der Waals surface area contributed by atoms with Gasteiger partial charge < -0.3 is 19.1 Å². The molecule has 6 rings (SSSR count). The molecule has 0 bridgehead atoms. The topological polar surface area (TPSA) is 78.5 Å². The normalized spacial score (nSPS) is 14.1. The van der Waals surface area contributed by atoms with Crippen molar-refractivity contribution >= 4 is 27.6 Å². The summed E-state index contributed by atoms with van der Waals surface area (Å²) in [5.74, 6) is -0.0350. The van der Waals surface area contributed by atoms with E-state index in [-0.39, 0.29) is 0 Å². The van der Waals surface area contributed by atoms with Gasteiger partial charge in [-0.15, -0.1) is 0 Å². The lowest BCUT2D eigenvalue weighted by molar-refractivity contribution is 0.0683. The number of nitrogens with zero attached hydrogens (tertiary/aromatic N) is 3. The Morgan fingerprint density at radius 1 is 1.02 bits per heavy atom. The van der Waals surface area contributed by atoms with Gasteiger partial charge in [0.05, 0.1) is 24.4 Å². The number of fused-ring (bicyclic) bond motifs is 3. The van der Waals surface area contributed by atoms with Gasteiger partial charge in [-0.05, 0) is 49.6 Å². The third-order valence-electron chi connectivity index (χ3n) is 7.98. The van der Waals surface area contributed by atoms with Crippen molar-refractivity contribution in [3.05, 3.63) is 83.3 Å². The van der Waals surface area contributed by atoms with Crippen LogP contribution in [-0.4, -0.2) is 45.2 Å². The summed E-state index contributed by atoms with van der Waals surface area (Å²) in [6.07, 6.45) is 3.81. The van der Waals surface area contributed by atoms with Crippen LogP contribution in [-0.2, 0) is 31.2 Å². The molecule has 0 unspecified atom stereocenters. The highest BCUT2D eigenvalue weighted by atomic mass is 16.5. The van der Waals surface area contributed by atoms with Gasteiger partial charge in [-0.1, -0.05) is 54.6 Å². The first kappa shape index (κ1) is 26.1. The molecule has 0 amide bonds. The van der Waals surface area contributed by atoms with Crippen LogP contribution in [0.25, 0.3) is 32.8 Å². The molecule has 0 radical (unpaired) electrons. The maximum atomic E-state index is 12.8. The van der Waals surface area contributed by atoms with Crippen molar-refractivity contribution < 1.29 is 19.4 Å². The van der Waals surface area contributed by atoms with Crippen molar-refractivity contribution in [2.75, 3.05) is 19.8 Å². The van der Waals surface area contributed by atoms with E-state index >= 15 is 0 Å². The molecule has 0 atom stereocenters. The number of hydrogen-bond acceptors (Lipinski definition) is 4. The second-order valence-electron chi connectivity index (χ2n) is 10.5.